The molecule has 144 valence electrons. The maximum atomic E-state index is 8.42. The Hall–Kier alpha value is 6.57. The van der Waals surface area contributed by atoms with Gasteiger partial charge in [0.1, 0.15) is 0 Å². The van der Waals surface area contributed by atoms with Crippen LogP contribution in [0.4, 0.5) is 0 Å². The van der Waals surface area contributed by atoms with E-state index in [9.17, 15) is 0 Å². The van der Waals surface area contributed by atoms with E-state index in [0.717, 1.165) is 0 Å². The zero-order chi connectivity index (χ0) is 21.5. The third-order valence-electron chi connectivity index (χ3n) is 0. The molecule has 0 heterocycles. The molecule has 0 saturated heterocycles. The first-order chi connectivity index (χ1) is 10.4. The standard InChI is InChI=1S/6BO3.9Mg/c6*2-1(3)4;;;;;;;;;/q6*-3;9*+2. The van der Waals surface area contributed by atoms with Crippen molar-refractivity contribution < 1.29 is 90.4 Å². The first-order valence-corrected chi connectivity index (χ1v) is 4.24. The largest absolute Gasteiger partial charge is 2.00 e. The van der Waals surface area contributed by atoms with Gasteiger partial charge in [0.15, 0.2) is 0 Å². The molecule has 0 aliphatic heterocycles. The molecule has 33 heteroatoms. The van der Waals surface area contributed by atoms with Crippen LogP contribution in [0, 0.1) is 0 Å². The minimum Gasteiger partial charge on any atom is -0.907 e. The summed E-state index contributed by atoms with van der Waals surface area (Å²) in [4.78, 5) is 0. The molecule has 0 spiro atoms. The van der Waals surface area contributed by atoms with Crippen molar-refractivity contribution in [2.75, 3.05) is 0 Å². The second-order valence-corrected chi connectivity index (χ2v) is 1.73. The van der Waals surface area contributed by atoms with E-state index >= 15 is 0 Å². The molecule has 0 aliphatic carbocycles. The molecule has 0 atom stereocenters. The third kappa shape index (κ3) is 1200. The van der Waals surface area contributed by atoms with E-state index in [-0.39, 0.29) is 207 Å². The summed E-state index contributed by atoms with van der Waals surface area (Å²) >= 11 is 0. The Bertz CT molecular complexity index is 122. The van der Waals surface area contributed by atoms with Gasteiger partial charge in [-0.1, -0.05) is 0 Å². The van der Waals surface area contributed by atoms with Gasteiger partial charge in [-0.05, 0) is 0 Å². The summed E-state index contributed by atoms with van der Waals surface area (Å²) in [5, 5.41) is 152. The maximum absolute atomic E-state index is 8.42. The molecule has 18 nitrogen and oxygen atoms in total. The van der Waals surface area contributed by atoms with Gasteiger partial charge in [0.05, 0.1) is 0 Å². The van der Waals surface area contributed by atoms with Gasteiger partial charge in [-0.2, -0.15) is 0 Å². The van der Waals surface area contributed by atoms with Crippen LogP contribution < -0.4 is 90.4 Å². The monoisotopic (exact) mass is 570 g/mol. The Labute approximate surface area is 336 Å². The number of hydrogen-bond acceptors (Lipinski definition) is 18. The quantitative estimate of drug-likeness (QED) is 0.243. The maximum Gasteiger partial charge on any atom is 2.00 e. The summed E-state index contributed by atoms with van der Waals surface area (Å²) in [5.41, 5.74) is 0. The molecule has 0 N–H and O–H groups in total. The SMILES string of the molecule is [Mg+2].[Mg+2].[Mg+2].[Mg+2].[Mg+2].[Mg+2].[Mg+2].[Mg+2].[Mg+2].[O-]B([O-])[O-].[O-]B([O-])[O-].[O-]B([O-])[O-].[O-]B([O-])[O-].[O-]B([O-])[O-].[O-]B([O-])[O-]. The molecule has 0 unspecified atom stereocenters. The predicted molar refractivity (Wildman–Crippen MR) is 86.3 cm³/mol. The summed E-state index contributed by atoms with van der Waals surface area (Å²) in [6.45, 7) is 0. The fourth-order valence-corrected chi connectivity index (χ4v) is 0. The van der Waals surface area contributed by atoms with Crippen LogP contribution in [0.15, 0.2) is 0 Å². The Morgan fingerprint density at radius 3 is 0.152 bits per heavy atom. The molecule has 0 aliphatic rings. The summed E-state index contributed by atoms with van der Waals surface area (Å²) in [5.74, 6) is 0. The molecular weight excluding hydrogens is 572 g/mol. The summed E-state index contributed by atoms with van der Waals surface area (Å²) in [7, 11) is -17.5. The summed E-state index contributed by atoms with van der Waals surface area (Å²) in [6, 6.07) is 0. The number of hydrogen-bond donors (Lipinski definition) is 0. The van der Waals surface area contributed by atoms with Crippen LogP contribution in [-0.4, -0.2) is 251 Å². The van der Waals surface area contributed by atoms with E-state index in [2.05, 4.69) is 0 Å². The van der Waals surface area contributed by atoms with Crippen molar-refractivity contribution in [1.29, 1.82) is 0 Å². The molecule has 0 aromatic rings. The molecule has 0 radical (unpaired) electrons. The van der Waals surface area contributed by atoms with Crippen molar-refractivity contribution in [2.45, 2.75) is 0 Å². The van der Waals surface area contributed by atoms with Crippen LogP contribution in [-0.2, 0) is 0 Å². The van der Waals surface area contributed by atoms with E-state index in [1.807, 2.05) is 0 Å². The zero-order valence-electron chi connectivity index (χ0n) is 17.2. The molecule has 0 amide bonds. The molecule has 0 fully saturated rings. The van der Waals surface area contributed by atoms with Crippen LogP contribution in [0.5, 0.6) is 0 Å². The average Bonchev–Trinajstić information content (AvgIpc) is 2.08. The van der Waals surface area contributed by atoms with Crippen molar-refractivity contribution in [3.63, 3.8) is 0 Å². The van der Waals surface area contributed by atoms with E-state index < -0.39 is 43.9 Å². The van der Waals surface area contributed by atoms with Crippen molar-refractivity contribution >= 4 is 251 Å². The Morgan fingerprint density at radius 1 is 0.152 bits per heavy atom. The Balaban J connectivity index is -0.00000000859. The van der Waals surface area contributed by atoms with Crippen molar-refractivity contribution in [3.8, 4) is 0 Å². The molecule has 33 heavy (non-hydrogen) atoms. The van der Waals surface area contributed by atoms with Gasteiger partial charge in [0.25, 0.3) is 0 Å². The molecule has 0 rings (SSSR count). The number of rotatable bonds is 0. The van der Waals surface area contributed by atoms with E-state index in [0.29, 0.717) is 0 Å². The minimum absolute atomic E-state index is 0. The van der Waals surface area contributed by atoms with Crippen LogP contribution >= 0.6 is 0 Å². The predicted octanol–water partition coefficient (Wildman–Crippen LogP) is -27.1. The molecule has 0 aromatic carbocycles. The van der Waals surface area contributed by atoms with Gasteiger partial charge in [0, 0.05) is 0 Å². The minimum atomic E-state index is -2.92. The topological polar surface area (TPSA) is 415 Å². The van der Waals surface area contributed by atoms with E-state index in [1.165, 1.54) is 0 Å². The van der Waals surface area contributed by atoms with Crippen molar-refractivity contribution in [2.24, 2.45) is 0 Å². The smallest absolute Gasteiger partial charge is 0.907 e. The third-order valence-corrected chi connectivity index (χ3v) is 0. The van der Waals surface area contributed by atoms with Gasteiger partial charge in [0.2, 0.25) is 0 Å². The molecule has 0 aromatic heterocycles. The molecular formula is B6Mg9O18. The first-order valence-electron chi connectivity index (χ1n) is 4.24. The van der Waals surface area contributed by atoms with Crippen molar-refractivity contribution in [3.05, 3.63) is 0 Å². The van der Waals surface area contributed by atoms with Crippen LogP contribution in [0.1, 0.15) is 0 Å². The summed E-state index contributed by atoms with van der Waals surface area (Å²) < 4.78 is 0. The normalized spacial score (nSPS) is 4.91. The van der Waals surface area contributed by atoms with Crippen LogP contribution in [0.25, 0.3) is 0 Å². The van der Waals surface area contributed by atoms with Crippen LogP contribution in [0.2, 0.25) is 0 Å². The fourth-order valence-electron chi connectivity index (χ4n) is 0. The fraction of sp³-hybridized carbons (Fsp3) is 0. The van der Waals surface area contributed by atoms with Crippen molar-refractivity contribution in [1.82, 2.24) is 0 Å². The van der Waals surface area contributed by atoms with E-state index in [1.54, 1.807) is 0 Å². The second-order valence-electron chi connectivity index (χ2n) is 1.73. The zero-order valence-corrected chi connectivity index (χ0v) is 29.9. The van der Waals surface area contributed by atoms with Crippen LogP contribution in [0.3, 0.4) is 0 Å². The average molecular weight is 572 g/mol. The Morgan fingerprint density at radius 2 is 0.152 bits per heavy atom. The summed E-state index contributed by atoms with van der Waals surface area (Å²) in [6.07, 6.45) is 0. The first kappa shape index (κ1) is 97.5. The van der Waals surface area contributed by atoms with Gasteiger partial charge in [-0.25, -0.2) is 0 Å². The van der Waals surface area contributed by atoms with Gasteiger partial charge in [-0.15, -0.1) is 0 Å². The van der Waals surface area contributed by atoms with Gasteiger partial charge < -0.3 is 90.4 Å². The Kier molecular flexibility index (Phi) is 266. The molecule has 0 bridgehead atoms. The second kappa shape index (κ2) is 90.2. The molecule has 0 saturated carbocycles. The van der Waals surface area contributed by atoms with Gasteiger partial charge >= 0.3 is 207 Å². The van der Waals surface area contributed by atoms with E-state index in [4.69, 9.17) is 90.4 Å². The van der Waals surface area contributed by atoms with Gasteiger partial charge in [-0.3, -0.25) is 43.9 Å².